The van der Waals surface area contributed by atoms with Crippen molar-refractivity contribution >= 4 is 15.9 Å². The molecule has 0 bridgehead atoms. The zero-order valence-corrected chi connectivity index (χ0v) is 17.7. The van der Waals surface area contributed by atoms with Gasteiger partial charge in [-0.3, -0.25) is 4.79 Å². The Morgan fingerprint density at radius 3 is 2.52 bits per heavy atom. The Labute approximate surface area is 171 Å². The molecule has 0 aliphatic heterocycles. The third kappa shape index (κ3) is 4.89. The molecule has 1 aliphatic carbocycles. The summed E-state index contributed by atoms with van der Waals surface area (Å²) in [6.07, 6.45) is 1.85. The first-order chi connectivity index (χ1) is 13.9. The highest BCUT2D eigenvalue weighted by molar-refractivity contribution is 7.89. The van der Waals surface area contributed by atoms with Gasteiger partial charge < -0.3 is 14.4 Å². The standard InChI is InChI=1S/C21H26N2O5S/c1-4-22-29(25,26)19-7-5-6-15(13-19)21(24)23(17-8-9-17)14-16-12-18(27-2)10-11-20(16)28-3/h5-7,10-13,17,22H,4,8-9,14H2,1-3H3. The number of rotatable bonds is 9. The number of amides is 1. The molecule has 7 nitrogen and oxygen atoms in total. The van der Waals surface area contributed by atoms with Crippen molar-refractivity contribution in [2.45, 2.75) is 37.2 Å². The van der Waals surface area contributed by atoms with Gasteiger partial charge in [0.1, 0.15) is 11.5 Å². The van der Waals surface area contributed by atoms with E-state index in [9.17, 15) is 13.2 Å². The van der Waals surface area contributed by atoms with Crippen LogP contribution in [-0.2, 0) is 16.6 Å². The van der Waals surface area contributed by atoms with Crippen molar-refractivity contribution in [3.8, 4) is 11.5 Å². The van der Waals surface area contributed by atoms with E-state index in [1.165, 1.54) is 12.1 Å². The van der Waals surface area contributed by atoms with Crippen molar-refractivity contribution in [3.63, 3.8) is 0 Å². The number of benzene rings is 2. The molecule has 1 amide bonds. The smallest absolute Gasteiger partial charge is 0.254 e. The Hall–Kier alpha value is -2.58. The molecule has 0 aromatic heterocycles. The van der Waals surface area contributed by atoms with Crippen molar-refractivity contribution in [1.29, 1.82) is 0 Å². The predicted molar refractivity (Wildman–Crippen MR) is 110 cm³/mol. The number of nitrogens with zero attached hydrogens (tertiary/aromatic N) is 1. The van der Waals surface area contributed by atoms with Gasteiger partial charge in [0.2, 0.25) is 10.0 Å². The average molecular weight is 419 g/mol. The number of ether oxygens (including phenoxy) is 2. The predicted octanol–water partition coefficient (Wildman–Crippen LogP) is 2.81. The fourth-order valence-electron chi connectivity index (χ4n) is 3.18. The van der Waals surface area contributed by atoms with E-state index in [1.807, 2.05) is 12.1 Å². The van der Waals surface area contributed by atoms with Crippen molar-refractivity contribution in [1.82, 2.24) is 9.62 Å². The van der Waals surface area contributed by atoms with E-state index < -0.39 is 10.0 Å². The summed E-state index contributed by atoms with van der Waals surface area (Å²) < 4.78 is 37.8. The molecule has 156 valence electrons. The summed E-state index contributed by atoms with van der Waals surface area (Å²) in [5.74, 6) is 1.15. The molecule has 2 aromatic carbocycles. The van der Waals surface area contributed by atoms with E-state index in [-0.39, 0.29) is 23.4 Å². The molecule has 1 aliphatic rings. The number of methoxy groups -OCH3 is 2. The van der Waals surface area contributed by atoms with Crippen molar-refractivity contribution in [3.05, 3.63) is 53.6 Å². The number of hydrogen-bond donors (Lipinski definition) is 1. The normalized spacial score (nSPS) is 13.8. The summed E-state index contributed by atoms with van der Waals surface area (Å²) >= 11 is 0. The molecule has 0 saturated heterocycles. The second-order valence-corrected chi connectivity index (χ2v) is 8.64. The van der Waals surface area contributed by atoms with Gasteiger partial charge in [-0.15, -0.1) is 0 Å². The number of hydrogen-bond acceptors (Lipinski definition) is 5. The van der Waals surface area contributed by atoms with Crippen LogP contribution in [0.4, 0.5) is 0 Å². The van der Waals surface area contributed by atoms with Crippen LogP contribution in [0.25, 0.3) is 0 Å². The highest BCUT2D eigenvalue weighted by Crippen LogP contribution is 2.33. The van der Waals surface area contributed by atoms with Crippen LogP contribution in [0.5, 0.6) is 11.5 Å². The quantitative estimate of drug-likeness (QED) is 0.677. The molecule has 29 heavy (non-hydrogen) atoms. The highest BCUT2D eigenvalue weighted by Gasteiger charge is 2.34. The van der Waals surface area contributed by atoms with Crippen LogP contribution in [0.15, 0.2) is 47.4 Å². The Bertz CT molecular complexity index is 986. The van der Waals surface area contributed by atoms with Crippen molar-refractivity contribution < 1.29 is 22.7 Å². The lowest BCUT2D eigenvalue weighted by molar-refractivity contribution is 0.0728. The molecule has 0 heterocycles. The second kappa shape index (κ2) is 8.84. The minimum Gasteiger partial charge on any atom is -0.497 e. The third-order valence-corrected chi connectivity index (χ3v) is 6.35. The monoisotopic (exact) mass is 418 g/mol. The minimum atomic E-state index is -3.63. The fraction of sp³-hybridized carbons (Fsp3) is 0.381. The summed E-state index contributed by atoms with van der Waals surface area (Å²) in [5, 5.41) is 0. The lowest BCUT2D eigenvalue weighted by Crippen LogP contribution is -2.33. The lowest BCUT2D eigenvalue weighted by atomic mass is 10.1. The number of nitrogens with one attached hydrogen (secondary N) is 1. The van der Waals surface area contributed by atoms with Gasteiger partial charge in [0.05, 0.1) is 25.7 Å². The first-order valence-corrected chi connectivity index (χ1v) is 11.0. The van der Waals surface area contributed by atoms with Gasteiger partial charge in [-0.25, -0.2) is 13.1 Å². The Kier molecular flexibility index (Phi) is 6.44. The van der Waals surface area contributed by atoms with Crippen LogP contribution < -0.4 is 14.2 Å². The zero-order chi connectivity index (χ0) is 21.0. The Morgan fingerprint density at radius 1 is 1.14 bits per heavy atom. The third-order valence-electron chi connectivity index (χ3n) is 4.80. The van der Waals surface area contributed by atoms with Gasteiger partial charge in [-0.05, 0) is 49.2 Å². The molecule has 0 atom stereocenters. The van der Waals surface area contributed by atoms with Gasteiger partial charge in [0, 0.05) is 23.7 Å². The molecular formula is C21H26N2O5S. The molecular weight excluding hydrogens is 392 g/mol. The number of carbonyl (C=O) groups is 1. The summed E-state index contributed by atoms with van der Waals surface area (Å²) in [5.41, 5.74) is 1.18. The summed E-state index contributed by atoms with van der Waals surface area (Å²) in [6.45, 7) is 2.35. The second-order valence-electron chi connectivity index (χ2n) is 6.87. The molecule has 1 saturated carbocycles. The summed E-state index contributed by atoms with van der Waals surface area (Å²) in [4.78, 5) is 15.1. The van der Waals surface area contributed by atoms with Crippen LogP contribution in [0, 0.1) is 0 Å². The molecule has 0 radical (unpaired) electrons. The summed E-state index contributed by atoms with van der Waals surface area (Å²) in [7, 11) is -0.457. The SMILES string of the molecule is CCNS(=O)(=O)c1cccc(C(=O)N(Cc2cc(OC)ccc2OC)C2CC2)c1. The largest absolute Gasteiger partial charge is 0.497 e. The highest BCUT2D eigenvalue weighted by atomic mass is 32.2. The van der Waals surface area contributed by atoms with Crippen LogP contribution in [0.3, 0.4) is 0 Å². The van der Waals surface area contributed by atoms with Crippen LogP contribution in [0.1, 0.15) is 35.7 Å². The summed E-state index contributed by atoms with van der Waals surface area (Å²) in [6, 6.07) is 11.8. The Balaban J connectivity index is 1.90. The molecule has 3 rings (SSSR count). The molecule has 0 spiro atoms. The topological polar surface area (TPSA) is 84.9 Å². The lowest BCUT2D eigenvalue weighted by Gasteiger charge is -2.24. The van der Waals surface area contributed by atoms with Gasteiger partial charge in [0.25, 0.3) is 5.91 Å². The van der Waals surface area contributed by atoms with E-state index >= 15 is 0 Å². The van der Waals surface area contributed by atoms with E-state index in [0.29, 0.717) is 23.6 Å². The van der Waals surface area contributed by atoms with Crippen LogP contribution >= 0.6 is 0 Å². The average Bonchev–Trinajstić information content (AvgIpc) is 3.56. The van der Waals surface area contributed by atoms with E-state index in [2.05, 4.69) is 4.72 Å². The van der Waals surface area contributed by atoms with Crippen LogP contribution in [0.2, 0.25) is 0 Å². The minimum absolute atomic E-state index is 0.0832. The maximum Gasteiger partial charge on any atom is 0.254 e. The Morgan fingerprint density at radius 2 is 1.90 bits per heavy atom. The fourth-order valence-corrected chi connectivity index (χ4v) is 4.26. The van der Waals surface area contributed by atoms with E-state index in [1.54, 1.807) is 44.2 Å². The first kappa shape index (κ1) is 21.1. The first-order valence-electron chi connectivity index (χ1n) is 9.51. The molecule has 1 N–H and O–H groups in total. The molecule has 1 fully saturated rings. The van der Waals surface area contributed by atoms with Gasteiger partial charge in [-0.2, -0.15) is 0 Å². The van der Waals surface area contributed by atoms with E-state index in [0.717, 1.165) is 18.4 Å². The van der Waals surface area contributed by atoms with Crippen molar-refractivity contribution in [2.75, 3.05) is 20.8 Å². The van der Waals surface area contributed by atoms with Gasteiger partial charge >= 0.3 is 0 Å². The number of carbonyl (C=O) groups excluding carboxylic acids is 1. The number of sulfonamides is 1. The van der Waals surface area contributed by atoms with Crippen molar-refractivity contribution in [2.24, 2.45) is 0 Å². The van der Waals surface area contributed by atoms with Crippen LogP contribution in [-0.4, -0.2) is 46.0 Å². The maximum absolute atomic E-state index is 13.3. The molecule has 8 heteroatoms. The maximum atomic E-state index is 13.3. The molecule has 0 unspecified atom stereocenters. The zero-order valence-electron chi connectivity index (χ0n) is 16.8. The van der Waals surface area contributed by atoms with E-state index in [4.69, 9.17) is 9.47 Å². The van der Waals surface area contributed by atoms with Gasteiger partial charge in [0.15, 0.2) is 0 Å². The van der Waals surface area contributed by atoms with Gasteiger partial charge in [-0.1, -0.05) is 13.0 Å². The molecule has 2 aromatic rings.